The van der Waals surface area contributed by atoms with Gasteiger partial charge < -0.3 is 10.2 Å². The second kappa shape index (κ2) is 6.89. The van der Waals surface area contributed by atoms with Gasteiger partial charge in [0.2, 0.25) is 11.8 Å². The summed E-state index contributed by atoms with van der Waals surface area (Å²) in [5.41, 5.74) is 1.90. The summed E-state index contributed by atoms with van der Waals surface area (Å²) >= 11 is 0. The summed E-state index contributed by atoms with van der Waals surface area (Å²) in [5.74, 6) is 0.0104. The second-order valence-electron chi connectivity index (χ2n) is 6.96. The first kappa shape index (κ1) is 16.9. The lowest BCUT2D eigenvalue weighted by Crippen LogP contribution is -2.58. The minimum atomic E-state index is -0.189. The summed E-state index contributed by atoms with van der Waals surface area (Å²) in [7, 11) is 1.62. The quantitative estimate of drug-likeness (QED) is 0.898. The molecule has 2 fully saturated rings. The van der Waals surface area contributed by atoms with Crippen LogP contribution in [-0.4, -0.2) is 58.8 Å². The lowest BCUT2D eigenvalue weighted by atomic mass is 9.86. The van der Waals surface area contributed by atoms with Crippen LogP contribution in [0.4, 0.5) is 0 Å². The Balaban J connectivity index is 1.73. The first-order chi connectivity index (χ1) is 11.5. The first-order valence-corrected chi connectivity index (χ1v) is 8.68. The van der Waals surface area contributed by atoms with Gasteiger partial charge in [-0.3, -0.25) is 19.5 Å². The van der Waals surface area contributed by atoms with Crippen molar-refractivity contribution < 1.29 is 9.59 Å². The monoisotopic (exact) mass is 330 g/mol. The molecule has 2 aliphatic rings. The van der Waals surface area contributed by atoms with E-state index in [4.69, 9.17) is 0 Å². The van der Waals surface area contributed by atoms with Crippen LogP contribution in [0.2, 0.25) is 0 Å². The van der Waals surface area contributed by atoms with E-state index in [-0.39, 0.29) is 23.9 Å². The van der Waals surface area contributed by atoms with Gasteiger partial charge in [0.05, 0.1) is 11.2 Å². The van der Waals surface area contributed by atoms with E-state index in [1.54, 1.807) is 7.05 Å². The molecule has 24 heavy (non-hydrogen) atoms. The van der Waals surface area contributed by atoms with Gasteiger partial charge in [-0.05, 0) is 44.9 Å². The predicted octanol–water partition coefficient (Wildman–Crippen LogP) is 1.09. The van der Waals surface area contributed by atoms with Crippen molar-refractivity contribution in [3.8, 4) is 0 Å². The van der Waals surface area contributed by atoms with Crippen LogP contribution in [-0.2, 0) is 16.1 Å². The van der Waals surface area contributed by atoms with Gasteiger partial charge in [0.15, 0.2) is 0 Å². The number of nitrogens with one attached hydrogen (secondary N) is 1. The molecule has 1 unspecified atom stereocenters. The molecule has 0 radical (unpaired) electrons. The van der Waals surface area contributed by atoms with E-state index in [1.807, 2.05) is 24.0 Å². The third kappa shape index (κ3) is 3.43. The van der Waals surface area contributed by atoms with E-state index in [0.717, 1.165) is 50.3 Å². The van der Waals surface area contributed by atoms with E-state index in [9.17, 15) is 9.59 Å². The zero-order valence-corrected chi connectivity index (χ0v) is 14.5. The Bertz CT molecular complexity index is 633. The normalized spacial score (nSPS) is 24.6. The summed E-state index contributed by atoms with van der Waals surface area (Å²) in [6.07, 6.45) is 3.42. The van der Waals surface area contributed by atoms with Crippen molar-refractivity contribution in [3.63, 3.8) is 0 Å². The number of aromatic nitrogens is 1. The van der Waals surface area contributed by atoms with Crippen molar-refractivity contribution in [1.82, 2.24) is 20.1 Å². The molecule has 0 bridgehead atoms. The highest BCUT2D eigenvalue weighted by Crippen LogP contribution is 2.38. The van der Waals surface area contributed by atoms with Crippen molar-refractivity contribution in [2.75, 3.05) is 26.7 Å². The number of amides is 2. The van der Waals surface area contributed by atoms with Crippen molar-refractivity contribution >= 4 is 11.8 Å². The number of hydrogen-bond donors (Lipinski definition) is 1. The maximum absolute atomic E-state index is 12.3. The smallest absolute Gasteiger partial charge is 0.239 e. The number of pyridine rings is 1. The highest BCUT2D eigenvalue weighted by molar-refractivity contribution is 5.86. The molecule has 1 aromatic heterocycles. The molecule has 0 aromatic carbocycles. The van der Waals surface area contributed by atoms with Gasteiger partial charge in [-0.25, -0.2) is 0 Å². The van der Waals surface area contributed by atoms with E-state index >= 15 is 0 Å². The van der Waals surface area contributed by atoms with Gasteiger partial charge in [0, 0.05) is 32.3 Å². The number of likely N-dealkylation sites (N-methyl/N-ethyl adjacent to an activating group) is 1. The Morgan fingerprint density at radius 1 is 1.38 bits per heavy atom. The molecule has 3 rings (SSSR count). The summed E-state index contributed by atoms with van der Waals surface area (Å²) in [5, 5.41) is 2.64. The molecule has 2 saturated heterocycles. The van der Waals surface area contributed by atoms with Crippen LogP contribution < -0.4 is 5.32 Å². The molecular weight excluding hydrogens is 304 g/mol. The SMILES string of the molecule is CNC(=O)CN1C(=O)CCC12CCCN(Cc1cccc(C)n1)C2. The molecule has 6 heteroatoms. The Morgan fingerprint density at radius 3 is 2.96 bits per heavy atom. The van der Waals surface area contributed by atoms with Crippen LogP contribution in [0.1, 0.15) is 37.1 Å². The van der Waals surface area contributed by atoms with Gasteiger partial charge >= 0.3 is 0 Å². The first-order valence-electron chi connectivity index (χ1n) is 8.68. The number of piperidine rings is 1. The Labute approximate surface area is 143 Å². The van der Waals surface area contributed by atoms with Crippen LogP contribution in [0.15, 0.2) is 18.2 Å². The fourth-order valence-electron chi connectivity index (χ4n) is 4.03. The number of hydrogen-bond acceptors (Lipinski definition) is 4. The molecule has 1 N–H and O–H groups in total. The van der Waals surface area contributed by atoms with Crippen molar-refractivity contribution in [3.05, 3.63) is 29.6 Å². The van der Waals surface area contributed by atoms with Crippen LogP contribution in [0.25, 0.3) is 0 Å². The maximum Gasteiger partial charge on any atom is 0.239 e. The van der Waals surface area contributed by atoms with E-state index in [0.29, 0.717) is 6.42 Å². The Kier molecular flexibility index (Phi) is 4.85. The third-order valence-corrected chi connectivity index (χ3v) is 5.22. The van der Waals surface area contributed by atoms with Crippen LogP contribution >= 0.6 is 0 Å². The molecule has 6 nitrogen and oxygen atoms in total. The topological polar surface area (TPSA) is 65.5 Å². The molecule has 2 amide bonds. The highest BCUT2D eigenvalue weighted by atomic mass is 16.2. The number of rotatable bonds is 4. The molecule has 0 aliphatic carbocycles. The number of carbonyl (C=O) groups is 2. The fourth-order valence-corrected chi connectivity index (χ4v) is 4.03. The molecule has 0 saturated carbocycles. The van der Waals surface area contributed by atoms with E-state index in [2.05, 4.69) is 21.3 Å². The fraction of sp³-hybridized carbons (Fsp3) is 0.611. The van der Waals surface area contributed by atoms with Gasteiger partial charge in [-0.15, -0.1) is 0 Å². The van der Waals surface area contributed by atoms with Gasteiger partial charge in [0.1, 0.15) is 6.54 Å². The maximum atomic E-state index is 12.3. The van der Waals surface area contributed by atoms with Gasteiger partial charge in [-0.2, -0.15) is 0 Å². The highest BCUT2D eigenvalue weighted by Gasteiger charge is 2.47. The number of likely N-dealkylation sites (tertiary alicyclic amines) is 2. The zero-order chi connectivity index (χ0) is 17.2. The van der Waals surface area contributed by atoms with Crippen LogP contribution in [0, 0.1) is 6.92 Å². The minimum absolute atomic E-state index is 0.0953. The molecular formula is C18H26N4O2. The largest absolute Gasteiger partial charge is 0.358 e. The molecule has 2 aliphatic heterocycles. The lowest BCUT2D eigenvalue weighted by Gasteiger charge is -2.45. The Hall–Kier alpha value is -1.95. The average molecular weight is 330 g/mol. The van der Waals surface area contributed by atoms with Crippen LogP contribution in [0.5, 0.6) is 0 Å². The molecule has 3 heterocycles. The lowest BCUT2D eigenvalue weighted by molar-refractivity contribution is -0.138. The summed E-state index contributed by atoms with van der Waals surface area (Å²) < 4.78 is 0. The summed E-state index contributed by atoms with van der Waals surface area (Å²) in [4.78, 5) is 32.9. The van der Waals surface area contributed by atoms with Crippen molar-refractivity contribution in [1.29, 1.82) is 0 Å². The van der Waals surface area contributed by atoms with Crippen LogP contribution in [0.3, 0.4) is 0 Å². The Morgan fingerprint density at radius 2 is 2.21 bits per heavy atom. The molecule has 1 spiro atoms. The summed E-state index contributed by atoms with van der Waals surface area (Å²) in [6, 6.07) is 6.09. The minimum Gasteiger partial charge on any atom is -0.358 e. The van der Waals surface area contributed by atoms with Gasteiger partial charge in [-0.1, -0.05) is 6.07 Å². The molecule has 1 aromatic rings. The van der Waals surface area contributed by atoms with Crippen molar-refractivity contribution in [2.24, 2.45) is 0 Å². The number of aryl methyl sites for hydroxylation is 1. The second-order valence-corrected chi connectivity index (χ2v) is 6.96. The average Bonchev–Trinajstić information content (AvgIpc) is 2.84. The molecule has 1 atom stereocenters. The third-order valence-electron chi connectivity index (χ3n) is 5.22. The number of carbonyl (C=O) groups excluding carboxylic acids is 2. The zero-order valence-electron chi connectivity index (χ0n) is 14.5. The van der Waals surface area contributed by atoms with E-state index < -0.39 is 0 Å². The van der Waals surface area contributed by atoms with Gasteiger partial charge in [0.25, 0.3) is 0 Å². The predicted molar refractivity (Wildman–Crippen MR) is 91.2 cm³/mol. The number of nitrogens with zero attached hydrogens (tertiary/aromatic N) is 3. The van der Waals surface area contributed by atoms with Crippen molar-refractivity contribution in [2.45, 2.75) is 44.7 Å². The summed E-state index contributed by atoms with van der Waals surface area (Å²) in [6.45, 7) is 4.81. The van der Waals surface area contributed by atoms with E-state index in [1.165, 1.54) is 0 Å². The standard InChI is InChI=1S/C18H26N4O2/c1-14-5-3-6-15(20-14)11-21-10-4-8-18(13-21)9-7-17(24)22(18)12-16(23)19-2/h3,5-6H,4,7-13H2,1-2H3,(H,19,23). The molecule has 130 valence electrons.